The minimum absolute atomic E-state index is 0.302. The first-order chi connectivity index (χ1) is 25.1. The van der Waals surface area contributed by atoms with Crippen LogP contribution in [0.3, 0.4) is 0 Å². The lowest BCUT2D eigenvalue weighted by Gasteiger charge is -2.12. The fraction of sp³-hybridized carbons (Fsp3) is 0.227. The number of ether oxygens (including phenoxy) is 3. The summed E-state index contributed by atoms with van der Waals surface area (Å²) in [6.45, 7) is 7.99. The molecule has 7 nitrogen and oxygen atoms in total. The molecule has 1 atom stereocenters. The molecule has 0 saturated carbocycles. The molecule has 0 bridgehead atoms. The van der Waals surface area contributed by atoms with Crippen molar-refractivity contribution in [3.63, 3.8) is 0 Å². The Balaban J connectivity index is 1.23. The number of carboxylic acids is 2. The predicted molar refractivity (Wildman–Crippen MR) is 207 cm³/mol. The number of aryl methyl sites for hydroxylation is 1. The third-order valence-corrected chi connectivity index (χ3v) is 8.60. The second-order valence-corrected chi connectivity index (χ2v) is 12.9. The number of thioether (sulfide) groups is 1. The molecule has 4 aromatic carbocycles. The lowest BCUT2D eigenvalue weighted by atomic mass is 10.0. The summed E-state index contributed by atoms with van der Waals surface area (Å²) in [5, 5.41) is 18.1. The topological polar surface area (TPSA) is 102 Å². The molecule has 0 aliphatic carbocycles. The second-order valence-electron chi connectivity index (χ2n) is 11.8. The fourth-order valence-electron chi connectivity index (χ4n) is 4.83. The van der Waals surface area contributed by atoms with E-state index in [-0.39, 0.29) is 6.61 Å². The highest BCUT2D eigenvalue weighted by atomic mass is 32.2. The Hall–Kier alpha value is -5.67. The van der Waals surface area contributed by atoms with Crippen LogP contribution in [0.4, 0.5) is 0 Å². The highest BCUT2D eigenvalue weighted by Crippen LogP contribution is 2.26. The van der Waals surface area contributed by atoms with Gasteiger partial charge in [0.05, 0.1) is 0 Å². The summed E-state index contributed by atoms with van der Waals surface area (Å²) in [5.74, 6) is 12.9. The third kappa shape index (κ3) is 13.2. The van der Waals surface area contributed by atoms with E-state index in [9.17, 15) is 14.7 Å². The molecule has 0 fully saturated rings. The zero-order chi connectivity index (χ0) is 37.3. The van der Waals surface area contributed by atoms with Crippen LogP contribution in [0.25, 0.3) is 11.1 Å². The third-order valence-electron chi connectivity index (χ3n) is 7.68. The minimum Gasteiger partial charge on any atom is -0.490 e. The number of aliphatic carboxylic acids is 2. The second kappa shape index (κ2) is 20.2. The summed E-state index contributed by atoms with van der Waals surface area (Å²) in [6, 6.07) is 29.4. The van der Waals surface area contributed by atoms with E-state index in [1.807, 2.05) is 87.5 Å². The summed E-state index contributed by atoms with van der Waals surface area (Å²) < 4.78 is 16.4. The molecule has 2 N–H and O–H groups in total. The zero-order valence-electron chi connectivity index (χ0n) is 29.8. The van der Waals surface area contributed by atoms with E-state index >= 15 is 0 Å². The van der Waals surface area contributed by atoms with Crippen LogP contribution in [0, 0.1) is 30.6 Å². The number of hydrogen-bond acceptors (Lipinski definition) is 6. The van der Waals surface area contributed by atoms with Crippen LogP contribution in [0.2, 0.25) is 0 Å². The van der Waals surface area contributed by atoms with Gasteiger partial charge in [-0.05, 0) is 122 Å². The summed E-state index contributed by atoms with van der Waals surface area (Å²) in [5.41, 5.74) is 7.70. The highest BCUT2D eigenvalue weighted by molar-refractivity contribution is 7.99. The zero-order valence-corrected chi connectivity index (χ0v) is 30.6. The Morgan fingerprint density at radius 1 is 0.788 bits per heavy atom. The SMILES string of the molecule is CCOC(Cc1ccc(OCC=C(C)C#Cc2ccc(-c3ccc(C#CC(C)=CCSc4ccc(OCC(=O)O)c(C)c4)cc3)cc2)cc1)C(=O)O. The van der Waals surface area contributed by atoms with Gasteiger partial charge in [-0.3, -0.25) is 0 Å². The maximum Gasteiger partial charge on any atom is 0.341 e. The summed E-state index contributed by atoms with van der Waals surface area (Å²) >= 11 is 1.68. The average Bonchev–Trinajstić information content (AvgIpc) is 3.13. The molecule has 8 heteroatoms. The summed E-state index contributed by atoms with van der Waals surface area (Å²) in [7, 11) is 0. The van der Waals surface area contributed by atoms with Crippen LogP contribution < -0.4 is 9.47 Å². The van der Waals surface area contributed by atoms with Crippen LogP contribution in [0.5, 0.6) is 11.5 Å². The van der Waals surface area contributed by atoms with E-state index in [1.54, 1.807) is 24.8 Å². The van der Waals surface area contributed by atoms with E-state index in [2.05, 4.69) is 54.0 Å². The van der Waals surface area contributed by atoms with Crippen LogP contribution in [-0.4, -0.2) is 53.8 Å². The molecule has 1 unspecified atom stereocenters. The number of allylic oxidation sites excluding steroid dienone is 2. The molecule has 0 aromatic heterocycles. The smallest absolute Gasteiger partial charge is 0.341 e. The van der Waals surface area contributed by atoms with Gasteiger partial charge in [-0.1, -0.05) is 66.2 Å². The largest absolute Gasteiger partial charge is 0.490 e. The van der Waals surface area contributed by atoms with Crippen molar-refractivity contribution in [3.05, 3.63) is 137 Å². The number of carbonyl (C=O) groups is 2. The van der Waals surface area contributed by atoms with Crippen molar-refractivity contribution >= 4 is 23.7 Å². The quantitative estimate of drug-likeness (QED) is 0.0933. The molecular formula is C44H42O7S. The molecule has 266 valence electrons. The van der Waals surface area contributed by atoms with Crippen molar-refractivity contribution in [2.45, 2.75) is 45.1 Å². The molecule has 4 aromatic rings. The molecule has 0 aliphatic heterocycles. The lowest BCUT2D eigenvalue weighted by Crippen LogP contribution is -2.26. The van der Waals surface area contributed by atoms with E-state index < -0.39 is 18.0 Å². The van der Waals surface area contributed by atoms with Gasteiger partial charge < -0.3 is 24.4 Å². The Morgan fingerprint density at radius 3 is 1.92 bits per heavy atom. The molecular weight excluding hydrogens is 673 g/mol. The molecule has 0 aliphatic rings. The Kier molecular flexibility index (Phi) is 15.2. The average molecular weight is 715 g/mol. The van der Waals surface area contributed by atoms with E-state index in [4.69, 9.17) is 19.3 Å². The van der Waals surface area contributed by atoms with Gasteiger partial charge in [0, 0.05) is 34.8 Å². The predicted octanol–water partition coefficient (Wildman–Crippen LogP) is 8.62. The van der Waals surface area contributed by atoms with Crippen molar-refractivity contribution < 1.29 is 34.0 Å². The van der Waals surface area contributed by atoms with E-state index in [0.29, 0.717) is 31.1 Å². The van der Waals surface area contributed by atoms with Crippen molar-refractivity contribution in [3.8, 4) is 46.3 Å². The highest BCUT2D eigenvalue weighted by Gasteiger charge is 2.17. The van der Waals surface area contributed by atoms with Gasteiger partial charge in [-0.25, -0.2) is 9.59 Å². The Bertz CT molecular complexity index is 2000. The normalized spacial score (nSPS) is 11.8. The fourth-order valence-corrected chi connectivity index (χ4v) is 5.78. The Labute approximate surface area is 310 Å². The summed E-state index contributed by atoms with van der Waals surface area (Å²) in [4.78, 5) is 23.1. The first-order valence-corrected chi connectivity index (χ1v) is 17.8. The van der Waals surface area contributed by atoms with Gasteiger partial charge in [-0.15, -0.1) is 11.8 Å². The van der Waals surface area contributed by atoms with Gasteiger partial charge in [-0.2, -0.15) is 0 Å². The van der Waals surface area contributed by atoms with Gasteiger partial charge in [0.25, 0.3) is 0 Å². The number of benzene rings is 4. The first-order valence-electron chi connectivity index (χ1n) is 16.8. The van der Waals surface area contributed by atoms with E-state index in [1.165, 1.54) is 0 Å². The molecule has 0 saturated heterocycles. The maximum atomic E-state index is 11.3. The maximum absolute atomic E-state index is 11.3. The van der Waals surface area contributed by atoms with Crippen LogP contribution in [0.1, 0.15) is 43.0 Å². The van der Waals surface area contributed by atoms with Crippen LogP contribution >= 0.6 is 11.8 Å². The minimum atomic E-state index is -0.996. The number of rotatable bonds is 15. The molecule has 4 rings (SSSR count). The number of hydrogen-bond donors (Lipinski definition) is 2. The standard InChI is InChI=1S/C44H42O7S/c1-5-49-42(44(47)48)29-36-14-20-39(21-15-36)50-26-24-31(2)6-8-34-10-16-37(17-11-34)38-18-12-35(13-19-38)9-7-32(3)25-27-52-40-22-23-41(33(4)28-40)51-30-43(45)46/h10-25,28,42H,5,26-27,29-30H2,1-4H3,(H,45,46)(H,47,48). The van der Waals surface area contributed by atoms with Gasteiger partial charge in [0.1, 0.15) is 18.1 Å². The molecule has 52 heavy (non-hydrogen) atoms. The summed E-state index contributed by atoms with van der Waals surface area (Å²) in [6.07, 6.45) is 3.47. The van der Waals surface area contributed by atoms with E-state index in [0.717, 1.165) is 55.2 Å². The van der Waals surface area contributed by atoms with Crippen molar-refractivity contribution in [2.75, 3.05) is 25.6 Å². The Morgan fingerprint density at radius 2 is 1.38 bits per heavy atom. The molecule has 0 radical (unpaired) electrons. The molecule has 0 spiro atoms. The van der Waals surface area contributed by atoms with Crippen molar-refractivity contribution in [1.82, 2.24) is 0 Å². The first kappa shape index (κ1) is 39.1. The van der Waals surface area contributed by atoms with Gasteiger partial charge in [0.2, 0.25) is 0 Å². The molecule has 0 heterocycles. The van der Waals surface area contributed by atoms with Gasteiger partial charge in [0.15, 0.2) is 12.7 Å². The van der Waals surface area contributed by atoms with Crippen LogP contribution in [0.15, 0.2) is 119 Å². The lowest BCUT2D eigenvalue weighted by molar-refractivity contribution is -0.150. The van der Waals surface area contributed by atoms with Crippen molar-refractivity contribution in [2.24, 2.45) is 0 Å². The van der Waals surface area contributed by atoms with Gasteiger partial charge >= 0.3 is 11.9 Å². The van der Waals surface area contributed by atoms with Crippen LogP contribution in [-0.2, 0) is 20.7 Å². The molecule has 0 amide bonds. The number of carboxylic acid groups (broad SMARTS) is 2. The van der Waals surface area contributed by atoms with Crippen molar-refractivity contribution in [1.29, 1.82) is 0 Å². The monoisotopic (exact) mass is 714 g/mol.